The van der Waals surface area contributed by atoms with E-state index in [9.17, 15) is 4.79 Å². The Morgan fingerprint density at radius 1 is 1.11 bits per heavy atom. The first-order valence-electron chi connectivity index (χ1n) is 8.46. The molecule has 0 fully saturated rings. The highest BCUT2D eigenvalue weighted by molar-refractivity contribution is 7.99. The standard InChI is InChI=1S/C19H18N6OS/c1-11-7-9-13(10-8-11)17-23-24-19(25(17)20)27-12(2)16-21-15-6-4-3-5-14(15)18(26)22-16/h3-10,12H,20H2,1-2H3,(H,21,22,26)/t12-/m0/s1. The first kappa shape index (κ1) is 17.3. The highest BCUT2D eigenvalue weighted by atomic mass is 32.2. The van der Waals surface area contributed by atoms with E-state index in [0.29, 0.717) is 27.7 Å². The summed E-state index contributed by atoms with van der Waals surface area (Å²) in [5, 5.41) is 9.37. The Morgan fingerprint density at radius 3 is 2.63 bits per heavy atom. The number of nitrogens with zero attached hydrogens (tertiary/aromatic N) is 4. The number of aryl methyl sites for hydroxylation is 1. The molecular weight excluding hydrogens is 360 g/mol. The van der Waals surface area contributed by atoms with Gasteiger partial charge in [-0.05, 0) is 26.0 Å². The molecule has 0 aliphatic rings. The highest BCUT2D eigenvalue weighted by Gasteiger charge is 2.18. The molecule has 3 N–H and O–H groups in total. The smallest absolute Gasteiger partial charge is 0.258 e. The summed E-state index contributed by atoms with van der Waals surface area (Å²) in [6, 6.07) is 15.2. The molecule has 0 unspecified atom stereocenters. The predicted octanol–water partition coefficient (Wildman–Crippen LogP) is 3.06. The molecule has 0 aliphatic carbocycles. The second-order valence-corrected chi connectivity index (χ2v) is 7.58. The number of aromatic amines is 1. The number of nitrogens with one attached hydrogen (secondary N) is 1. The molecule has 4 rings (SSSR count). The molecule has 136 valence electrons. The average molecular weight is 378 g/mol. The minimum Gasteiger partial charge on any atom is -0.335 e. The van der Waals surface area contributed by atoms with Crippen molar-refractivity contribution >= 4 is 22.7 Å². The molecule has 27 heavy (non-hydrogen) atoms. The molecule has 8 heteroatoms. The first-order valence-corrected chi connectivity index (χ1v) is 9.34. The zero-order valence-corrected chi connectivity index (χ0v) is 15.7. The lowest BCUT2D eigenvalue weighted by molar-refractivity contribution is 0.835. The maximum Gasteiger partial charge on any atom is 0.258 e. The van der Waals surface area contributed by atoms with Gasteiger partial charge in [-0.1, -0.05) is 53.7 Å². The second kappa shape index (κ2) is 6.88. The quantitative estimate of drug-likeness (QED) is 0.418. The van der Waals surface area contributed by atoms with Crippen LogP contribution in [0.5, 0.6) is 0 Å². The number of benzene rings is 2. The van der Waals surface area contributed by atoms with E-state index in [2.05, 4.69) is 20.2 Å². The van der Waals surface area contributed by atoms with Crippen LogP contribution in [0.2, 0.25) is 0 Å². The fourth-order valence-electron chi connectivity index (χ4n) is 2.77. The van der Waals surface area contributed by atoms with Crippen LogP contribution in [0.1, 0.15) is 23.6 Å². The van der Waals surface area contributed by atoms with E-state index in [1.165, 1.54) is 16.4 Å². The minimum absolute atomic E-state index is 0.153. The fraction of sp³-hybridized carbons (Fsp3) is 0.158. The van der Waals surface area contributed by atoms with Gasteiger partial charge in [-0.15, -0.1) is 10.2 Å². The first-order chi connectivity index (χ1) is 13.0. The molecule has 2 aromatic carbocycles. The molecule has 7 nitrogen and oxygen atoms in total. The van der Waals surface area contributed by atoms with Gasteiger partial charge >= 0.3 is 0 Å². The van der Waals surface area contributed by atoms with Crippen LogP contribution in [0.25, 0.3) is 22.3 Å². The number of thioether (sulfide) groups is 1. The van der Waals surface area contributed by atoms with E-state index in [4.69, 9.17) is 5.84 Å². The molecule has 0 saturated heterocycles. The van der Waals surface area contributed by atoms with Crippen LogP contribution in [-0.2, 0) is 0 Å². The number of hydrogen-bond acceptors (Lipinski definition) is 6. The second-order valence-electron chi connectivity index (χ2n) is 6.27. The lowest BCUT2D eigenvalue weighted by Gasteiger charge is -2.11. The number of aromatic nitrogens is 5. The Hall–Kier alpha value is -3.13. The average Bonchev–Trinajstić information content (AvgIpc) is 3.03. The number of para-hydroxylation sites is 1. The number of hydrogen-bond donors (Lipinski definition) is 2. The van der Waals surface area contributed by atoms with Crippen molar-refractivity contribution in [2.45, 2.75) is 24.3 Å². The third-order valence-corrected chi connectivity index (χ3v) is 5.34. The van der Waals surface area contributed by atoms with Gasteiger partial charge in [0.2, 0.25) is 5.16 Å². The van der Waals surface area contributed by atoms with Crippen LogP contribution in [-0.4, -0.2) is 24.8 Å². The van der Waals surface area contributed by atoms with Crippen molar-refractivity contribution in [1.82, 2.24) is 24.8 Å². The van der Waals surface area contributed by atoms with Crippen molar-refractivity contribution in [1.29, 1.82) is 0 Å². The van der Waals surface area contributed by atoms with Gasteiger partial charge in [0.25, 0.3) is 5.56 Å². The van der Waals surface area contributed by atoms with Gasteiger partial charge in [0, 0.05) is 5.56 Å². The molecule has 0 amide bonds. The topological polar surface area (TPSA) is 102 Å². The van der Waals surface area contributed by atoms with Crippen LogP contribution in [0.3, 0.4) is 0 Å². The van der Waals surface area contributed by atoms with Crippen LogP contribution >= 0.6 is 11.8 Å². The molecule has 0 bridgehead atoms. The van der Waals surface area contributed by atoms with Crippen LogP contribution in [0.15, 0.2) is 58.5 Å². The molecule has 0 aliphatic heterocycles. The lowest BCUT2D eigenvalue weighted by Crippen LogP contribution is -2.14. The Bertz CT molecular complexity index is 1170. The maximum atomic E-state index is 12.3. The molecule has 4 aromatic rings. The molecule has 2 aromatic heterocycles. The van der Waals surface area contributed by atoms with Crippen molar-refractivity contribution in [3.8, 4) is 11.4 Å². The van der Waals surface area contributed by atoms with Crippen LogP contribution in [0, 0.1) is 6.92 Å². The number of rotatable bonds is 4. The number of H-pyrrole nitrogens is 1. The molecule has 0 radical (unpaired) electrons. The van der Waals surface area contributed by atoms with Crippen molar-refractivity contribution < 1.29 is 0 Å². The Balaban J connectivity index is 1.63. The Kier molecular flexibility index (Phi) is 4.41. The molecular formula is C19H18N6OS. The third kappa shape index (κ3) is 3.31. The van der Waals surface area contributed by atoms with Gasteiger partial charge in [0.15, 0.2) is 5.82 Å². The monoisotopic (exact) mass is 378 g/mol. The molecule has 1 atom stereocenters. The number of nitrogens with two attached hydrogens (primary N) is 1. The van der Waals surface area contributed by atoms with Crippen LogP contribution < -0.4 is 11.4 Å². The molecule has 0 saturated carbocycles. The zero-order chi connectivity index (χ0) is 19.0. The summed E-state index contributed by atoms with van der Waals surface area (Å²) >= 11 is 1.39. The van der Waals surface area contributed by atoms with E-state index < -0.39 is 0 Å². The largest absolute Gasteiger partial charge is 0.335 e. The summed E-state index contributed by atoms with van der Waals surface area (Å²) in [5.74, 6) is 7.36. The molecule has 0 spiro atoms. The van der Waals surface area contributed by atoms with Crippen molar-refractivity contribution in [3.05, 3.63) is 70.3 Å². The van der Waals surface area contributed by atoms with Crippen molar-refractivity contribution in [2.24, 2.45) is 0 Å². The summed E-state index contributed by atoms with van der Waals surface area (Å²) in [6.45, 7) is 3.97. The number of nitrogen functional groups attached to an aromatic ring is 1. The lowest BCUT2D eigenvalue weighted by atomic mass is 10.1. The molecule has 2 heterocycles. The van der Waals surface area contributed by atoms with Crippen molar-refractivity contribution in [2.75, 3.05) is 5.84 Å². The Labute approximate surface area is 159 Å². The summed E-state index contributed by atoms with van der Waals surface area (Å²) in [5.41, 5.74) is 2.57. The van der Waals surface area contributed by atoms with Gasteiger partial charge in [0.1, 0.15) is 5.82 Å². The highest BCUT2D eigenvalue weighted by Crippen LogP contribution is 2.32. The summed E-state index contributed by atoms with van der Waals surface area (Å²) < 4.78 is 1.46. The van der Waals surface area contributed by atoms with E-state index in [1.807, 2.05) is 56.3 Å². The SMILES string of the molecule is Cc1ccc(-c2nnc(S[C@@H](C)c3nc4ccccc4c(=O)[nH]3)n2N)cc1. The van der Waals surface area contributed by atoms with Crippen LogP contribution in [0.4, 0.5) is 0 Å². The van der Waals surface area contributed by atoms with Gasteiger partial charge in [-0.25, -0.2) is 9.66 Å². The van der Waals surface area contributed by atoms with E-state index in [-0.39, 0.29) is 10.8 Å². The fourth-order valence-corrected chi connectivity index (χ4v) is 3.60. The maximum absolute atomic E-state index is 12.3. The van der Waals surface area contributed by atoms with Gasteiger partial charge in [-0.3, -0.25) is 4.79 Å². The third-order valence-electron chi connectivity index (χ3n) is 4.27. The van der Waals surface area contributed by atoms with E-state index in [0.717, 1.165) is 11.1 Å². The zero-order valence-electron chi connectivity index (χ0n) is 14.9. The number of fused-ring (bicyclic) bond motifs is 1. The predicted molar refractivity (Wildman–Crippen MR) is 107 cm³/mol. The minimum atomic E-state index is -0.155. The van der Waals surface area contributed by atoms with Gasteiger partial charge < -0.3 is 10.8 Å². The summed E-state index contributed by atoms with van der Waals surface area (Å²) in [7, 11) is 0. The Morgan fingerprint density at radius 2 is 1.85 bits per heavy atom. The van der Waals surface area contributed by atoms with Crippen molar-refractivity contribution in [3.63, 3.8) is 0 Å². The van der Waals surface area contributed by atoms with Gasteiger partial charge in [-0.2, -0.15) is 0 Å². The normalized spacial score (nSPS) is 12.4. The summed E-state index contributed by atoms with van der Waals surface area (Å²) in [6.07, 6.45) is 0. The van der Waals surface area contributed by atoms with E-state index in [1.54, 1.807) is 6.07 Å². The summed E-state index contributed by atoms with van der Waals surface area (Å²) in [4.78, 5) is 19.7. The van der Waals surface area contributed by atoms with Gasteiger partial charge in [0.05, 0.1) is 16.2 Å². The van der Waals surface area contributed by atoms with E-state index >= 15 is 0 Å².